The average Bonchev–Trinajstić information content (AvgIpc) is 3.25. The maximum Gasteiger partial charge on any atom is 0.272 e. The number of aromatic nitrogens is 4. The molecule has 0 aliphatic rings. The summed E-state index contributed by atoms with van der Waals surface area (Å²) in [5.74, 6) is -0.0715. The van der Waals surface area contributed by atoms with Crippen molar-refractivity contribution in [3.05, 3.63) is 103 Å². The van der Waals surface area contributed by atoms with Gasteiger partial charge in [0.25, 0.3) is 11.1 Å². The third kappa shape index (κ3) is 3.94. The second-order valence-corrected chi connectivity index (χ2v) is 9.26. The van der Waals surface area contributed by atoms with Gasteiger partial charge in [-0.3, -0.25) is 18.6 Å². The van der Waals surface area contributed by atoms with Crippen LogP contribution in [0.25, 0.3) is 15.9 Å². The Morgan fingerprint density at radius 2 is 1.94 bits per heavy atom. The van der Waals surface area contributed by atoms with Gasteiger partial charge < -0.3 is 0 Å². The van der Waals surface area contributed by atoms with Crippen molar-refractivity contribution in [2.24, 2.45) is 0 Å². The first kappa shape index (κ1) is 20.9. The lowest BCUT2D eigenvalue weighted by Crippen LogP contribution is -2.23. The van der Waals surface area contributed by atoms with Gasteiger partial charge in [-0.15, -0.1) is 11.3 Å². The molecule has 0 saturated heterocycles. The minimum Gasteiger partial charge on any atom is -0.282 e. The van der Waals surface area contributed by atoms with Crippen molar-refractivity contribution in [2.45, 2.75) is 17.5 Å². The zero-order chi connectivity index (χ0) is 22.2. The smallest absolute Gasteiger partial charge is 0.272 e. The number of fused-ring (bicyclic) bond motifs is 2. The van der Waals surface area contributed by atoms with E-state index in [0.717, 1.165) is 0 Å². The first-order chi connectivity index (χ1) is 15.5. The Balaban J connectivity index is 1.53. The van der Waals surface area contributed by atoms with Crippen LogP contribution >= 0.6 is 34.7 Å². The molecule has 0 fully saturated rings. The number of nitrogens with zero attached hydrogens (tertiary/aromatic N) is 4. The summed E-state index contributed by atoms with van der Waals surface area (Å²) in [7, 11) is 0. The molecule has 4 heterocycles. The van der Waals surface area contributed by atoms with E-state index in [2.05, 4.69) is 9.97 Å². The molecule has 5 rings (SSSR count). The van der Waals surface area contributed by atoms with Gasteiger partial charge in [0, 0.05) is 23.6 Å². The van der Waals surface area contributed by atoms with Crippen LogP contribution in [-0.4, -0.2) is 18.9 Å². The molecular formula is C22H14ClFN4O2S2. The Morgan fingerprint density at radius 3 is 2.78 bits per heavy atom. The first-order valence-electron chi connectivity index (χ1n) is 9.52. The van der Waals surface area contributed by atoms with Crippen LogP contribution in [0.5, 0.6) is 0 Å². The van der Waals surface area contributed by atoms with E-state index in [9.17, 15) is 14.0 Å². The predicted octanol–water partition coefficient (Wildman–Crippen LogP) is 4.60. The normalized spacial score (nSPS) is 11.4. The number of thioether (sulfide) groups is 1. The summed E-state index contributed by atoms with van der Waals surface area (Å²) < 4.78 is 17.6. The largest absolute Gasteiger partial charge is 0.282 e. The van der Waals surface area contributed by atoms with Crippen molar-refractivity contribution in [1.29, 1.82) is 0 Å². The summed E-state index contributed by atoms with van der Waals surface area (Å²) in [5, 5.41) is 2.67. The molecule has 0 unspecified atom stereocenters. The van der Waals surface area contributed by atoms with E-state index < -0.39 is 0 Å². The molecule has 1 aromatic carbocycles. The molecule has 160 valence electrons. The molecule has 4 aromatic heterocycles. The Kier molecular flexibility index (Phi) is 5.54. The molecule has 5 aromatic rings. The van der Waals surface area contributed by atoms with E-state index in [4.69, 9.17) is 11.6 Å². The van der Waals surface area contributed by atoms with Crippen LogP contribution in [0.3, 0.4) is 0 Å². The van der Waals surface area contributed by atoms with Gasteiger partial charge in [-0.05, 0) is 29.6 Å². The molecule has 10 heteroatoms. The number of thiophene rings is 1. The standard InChI is InChI=1S/C22H14ClFN4O2S2/c23-14-5-6-18-25-15(9-19(29)27(18)11-14)12-32-22-26-17-7-8-31-20(17)21(30)28(22)10-13-3-1-2-4-16(13)24/h1-9,11H,10,12H2. The molecule has 0 amide bonds. The fraction of sp³-hybridized carbons (Fsp3) is 0.0909. The van der Waals surface area contributed by atoms with Gasteiger partial charge in [-0.2, -0.15) is 0 Å². The summed E-state index contributed by atoms with van der Waals surface area (Å²) in [5.41, 5.74) is 1.53. The van der Waals surface area contributed by atoms with Crippen molar-refractivity contribution in [3.63, 3.8) is 0 Å². The lowest BCUT2D eigenvalue weighted by atomic mass is 10.2. The zero-order valence-electron chi connectivity index (χ0n) is 16.4. The molecule has 0 bridgehead atoms. The van der Waals surface area contributed by atoms with Crippen LogP contribution in [0.15, 0.2) is 74.9 Å². The Morgan fingerprint density at radius 1 is 1.09 bits per heavy atom. The van der Waals surface area contributed by atoms with Gasteiger partial charge in [-0.25, -0.2) is 14.4 Å². The minimum atomic E-state index is -0.385. The monoisotopic (exact) mass is 484 g/mol. The first-order valence-corrected chi connectivity index (χ1v) is 11.8. The lowest BCUT2D eigenvalue weighted by molar-refractivity contribution is 0.579. The number of halogens is 2. The molecule has 0 aliphatic carbocycles. The molecule has 0 atom stereocenters. The molecular weight excluding hydrogens is 471 g/mol. The van der Waals surface area contributed by atoms with Crippen molar-refractivity contribution >= 4 is 50.6 Å². The fourth-order valence-electron chi connectivity index (χ4n) is 3.31. The number of hydrogen-bond acceptors (Lipinski definition) is 6. The Bertz CT molecular complexity index is 1600. The van der Waals surface area contributed by atoms with E-state index in [-0.39, 0.29) is 23.5 Å². The minimum absolute atomic E-state index is 0.0565. The topological polar surface area (TPSA) is 69.3 Å². The molecule has 0 radical (unpaired) electrons. The highest BCUT2D eigenvalue weighted by atomic mass is 35.5. The zero-order valence-corrected chi connectivity index (χ0v) is 18.8. The third-order valence-electron chi connectivity index (χ3n) is 4.84. The predicted molar refractivity (Wildman–Crippen MR) is 125 cm³/mol. The van der Waals surface area contributed by atoms with Crippen LogP contribution in [0.4, 0.5) is 4.39 Å². The highest BCUT2D eigenvalue weighted by molar-refractivity contribution is 7.98. The van der Waals surface area contributed by atoms with Crippen LogP contribution in [0.2, 0.25) is 5.02 Å². The van der Waals surface area contributed by atoms with Crippen LogP contribution in [0, 0.1) is 5.82 Å². The average molecular weight is 485 g/mol. The highest BCUT2D eigenvalue weighted by Crippen LogP contribution is 2.24. The van der Waals surface area contributed by atoms with Crippen LogP contribution in [-0.2, 0) is 12.3 Å². The SMILES string of the molecule is O=c1c2sccc2nc(SCc2cc(=O)n3cc(Cl)ccc3n2)n1Cc1ccccc1F. The number of benzene rings is 1. The summed E-state index contributed by atoms with van der Waals surface area (Å²) in [6.07, 6.45) is 1.52. The van der Waals surface area contributed by atoms with Gasteiger partial charge in [0.1, 0.15) is 16.2 Å². The van der Waals surface area contributed by atoms with Gasteiger partial charge in [0.05, 0.1) is 22.8 Å². The lowest BCUT2D eigenvalue weighted by Gasteiger charge is -2.12. The van der Waals surface area contributed by atoms with Crippen molar-refractivity contribution in [3.8, 4) is 0 Å². The molecule has 32 heavy (non-hydrogen) atoms. The molecule has 0 N–H and O–H groups in total. The van der Waals surface area contributed by atoms with Crippen molar-refractivity contribution < 1.29 is 4.39 Å². The number of pyridine rings is 1. The summed E-state index contributed by atoms with van der Waals surface area (Å²) in [6.45, 7) is 0.0565. The van der Waals surface area contributed by atoms with E-state index in [1.165, 1.54) is 50.4 Å². The Hall–Kier alpha value is -3.01. The van der Waals surface area contributed by atoms with Gasteiger partial charge >= 0.3 is 0 Å². The van der Waals surface area contributed by atoms with Crippen molar-refractivity contribution in [1.82, 2.24) is 18.9 Å². The summed E-state index contributed by atoms with van der Waals surface area (Å²) in [6, 6.07) is 12.9. The van der Waals surface area contributed by atoms with Crippen LogP contribution < -0.4 is 11.1 Å². The van der Waals surface area contributed by atoms with Crippen LogP contribution in [0.1, 0.15) is 11.3 Å². The van der Waals surface area contributed by atoms with E-state index in [1.54, 1.807) is 41.8 Å². The van der Waals surface area contributed by atoms with Gasteiger partial charge in [0.2, 0.25) is 0 Å². The summed E-state index contributed by atoms with van der Waals surface area (Å²) in [4.78, 5) is 34.7. The quantitative estimate of drug-likeness (QED) is 0.269. The van der Waals surface area contributed by atoms with Gasteiger partial charge in [0.15, 0.2) is 5.16 Å². The van der Waals surface area contributed by atoms with E-state index in [1.807, 2.05) is 0 Å². The highest BCUT2D eigenvalue weighted by Gasteiger charge is 2.15. The van der Waals surface area contributed by atoms with E-state index in [0.29, 0.717) is 43.1 Å². The fourth-order valence-corrected chi connectivity index (χ4v) is 5.14. The van der Waals surface area contributed by atoms with E-state index >= 15 is 0 Å². The second-order valence-electron chi connectivity index (χ2n) is 6.96. The Labute approximate surface area is 194 Å². The molecule has 0 saturated carbocycles. The van der Waals surface area contributed by atoms with Gasteiger partial charge in [-0.1, -0.05) is 41.6 Å². The maximum atomic E-state index is 14.3. The molecule has 0 aliphatic heterocycles. The number of rotatable bonds is 5. The molecule has 0 spiro atoms. The second kappa shape index (κ2) is 8.50. The molecule has 6 nitrogen and oxygen atoms in total. The maximum absolute atomic E-state index is 14.3. The summed E-state index contributed by atoms with van der Waals surface area (Å²) >= 11 is 8.54. The third-order valence-corrected chi connectivity index (χ3v) is 6.97. The van der Waals surface area contributed by atoms with Crippen molar-refractivity contribution in [2.75, 3.05) is 0 Å². The number of hydrogen-bond donors (Lipinski definition) is 0.